The third-order valence-electron chi connectivity index (χ3n) is 3.73. The van der Waals surface area contributed by atoms with Crippen molar-refractivity contribution in [3.05, 3.63) is 18.0 Å². The molecule has 1 aliphatic rings. The van der Waals surface area contributed by atoms with Crippen molar-refractivity contribution in [1.29, 1.82) is 0 Å². The zero-order valence-electron chi connectivity index (χ0n) is 11.5. The van der Waals surface area contributed by atoms with E-state index in [2.05, 4.69) is 56.7 Å². The lowest BCUT2D eigenvalue weighted by atomic mass is 10.1. The second-order valence-electron chi connectivity index (χ2n) is 5.51. The number of likely N-dealkylation sites (tertiary alicyclic amines) is 1. The number of hydrogen-bond donors (Lipinski definition) is 0. The molecule has 2 rings (SSSR count). The Balaban J connectivity index is 2.00. The van der Waals surface area contributed by atoms with Gasteiger partial charge in [0.1, 0.15) is 0 Å². The van der Waals surface area contributed by atoms with Crippen LogP contribution in [0, 0.1) is 0 Å². The number of rotatable bonds is 4. The van der Waals surface area contributed by atoms with Crippen LogP contribution in [0.2, 0.25) is 0 Å². The molecule has 1 aromatic heterocycles. The van der Waals surface area contributed by atoms with Gasteiger partial charge < -0.3 is 0 Å². The van der Waals surface area contributed by atoms with E-state index in [0.29, 0.717) is 12.1 Å². The van der Waals surface area contributed by atoms with Gasteiger partial charge in [-0.3, -0.25) is 9.58 Å². The van der Waals surface area contributed by atoms with E-state index in [4.69, 9.17) is 0 Å². The fraction of sp³-hybridized carbons (Fsp3) is 0.786. The van der Waals surface area contributed by atoms with Gasteiger partial charge >= 0.3 is 0 Å². The van der Waals surface area contributed by atoms with Crippen LogP contribution >= 0.6 is 15.9 Å². The van der Waals surface area contributed by atoms with Gasteiger partial charge in [-0.15, -0.1) is 0 Å². The SMILES string of the molecule is CC(C)n1ccc(CN2CCCCCC2CBr)n1. The Bertz CT molecular complexity index is 362. The lowest BCUT2D eigenvalue weighted by Gasteiger charge is -2.27. The molecule has 2 heterocycles. The average molecular weight is 314 g/mol. The molecule has 1 aliphatic heterocycles. The molecule has 0 aliphatic carbocycles. The maximum absolute atomic E-state index is 4.66. The molecule has 1 atom stereocenters. The zero-order valence-corrected chi connectivity index (χ0v) is 13.1. The van der Waals surface area contributed by atoms with Gasteiger partial charge in [-0.2, -0.15) is 5.10 Å². The van der Waals surface area contributed by atoms with E-state index >= 15 is 0 Å². The average Bonchev–Trinajstić information content (AvgIpc) is 2.70. The monoisotopic (exact) mass is 313 g/mol. The van der Waals surface area contributed by atoms with Crippen LogP contribution in [-0.2, 0) is 6.54 Å². The summed E-state index contributed by atoms with van der Waals surface area (Å²) in [4.78, 5) is 2.59. The first-order chi connectivity index (χ1) is 8.70. The van der Waals surface area contributed by atoms with Crippen LogP contribution in [0.1, 0.15) is 51.3 Å². The fourth-order valence-electron chi connectivity index (χ4n) is 2.58. The summed E-state index contributed by atoms with van der Waals surface area (Å²) in [6.45, 7) is 6.55. The fourth-order valence-corrected chi connectivity index (χ4v) is 3.31. The standard InChI is InChI=1S/C14H24BrN3/c1-12(2)18-9-7-13(16-18)11-17-8-5-3-4-6-14(17)10-15/h7,9,12,14H,3-6,8,10-11H2,1-2H3. The summed E-state index contributed by atoms with van der Waals surface area (Å²) in [7, 11) is 0. The summed E-state index contributed by atoms with van der Waals surface area (Å²) in [6.07, 6.45) is 7.49. The van der Waals surface area contributed by atoms with Crippen LogP contribution in [0.4, 0.5) is 0 Å². The molecule has 102 valence electrons. The van der Waals surface area contributed by atoms with Crippen molar-refractivity contribution in [3.63, 3.8) is 0 Å². The van der Waals surface area contributed by atoms with Crippen molar-refractivity contribution in [1.82, 2.24) is 14.7 Å². The second kappa shape index (κ2) is 6.71. The third-order valence-corrected chi connectivity index (χ3v) is 4.48. The Morgan fingerprint density at radius 1 is 1.39 bits per heavy atom. The van der Waals surface area contributed by atoms with Crippen molar-refractivity contribution < 1.29 is 0 Å². The molecule has 0 bridgehead atoms. The summed E-state index contributed by atoms with van der Waals surface area (Å²) >= 11 is 3.66. The minimum Gasteiger partial charge on any atom is -0.294 e. The Morgan fingerprint density at radius 3 is 2.89 bits per heavy atom. The summed E-state index contributed by atoms with van der Waals surface area (Å²) in [5, 5.41) is 5.74. The number of aromatic nitrogens is 2. The smallest absolute Gasteiger partial charge is 0.0765 e. The van der Waals surface area contributed by atoms with Crippen molar-refractivity contribution in [2.45, 2.75) is 58.2 Å². The van der Waals surface area contributed by atoms with Crippen LogP contribution in [0.3, 0.4) is 0 Å². The number of halogens is 1. The van der Waals surface area contributed by atoms with Crippen LogP contribution in [0.25, 0.3) is 0 Å². The molecule has 1 fully saturated rings. The van der Waals surface area contributed by atoms with Crippen LogP contribution < -0.4 is 0 Å². The van der Waals surface area contributed by atoms with Gasteiger partial charge in [-0.05, 0) is 39.3 Å². The van der Waals surface area contributed by atoms with Gasteiger partial charge in [-0.1, -0.05) is 28.8 Å². The highest BCUT2D eigenvalue weighted by Gasteiger charge is 2.20. The molecule has 4 heteroatoms. The first-order valence-electron chi connectivity index (χ1n) is 7.04. The normalized spacial score (nSPS) is 22.3. The maximum Gasteiger partial charge on any atom is 0.0765 e. The molecule has 0 radical (unpaired) electrons. The van der Waals surface area contributed by atoms with Crippen LogP contribution in [-0.4, -0.2) is 32.6 Å². The molecule has 1 saturated heterocycles. The van der Waals surface area contributed by atoms with Gasteiger partial charge in [0, 0.05) is 30.2 Å². The molecule has 1 aromatic rings. The zero-order chi connectivity index (χ0) is 13.0. The topological polar surface area (TPSA) is 21.1 Å². The lowest BCUT2D eigenvalue weighted by molar-refractivity contribution is 0.206. The van der Waals surface area contributed by atoms with Crippen molar-refractivity contribution in [3.8, 4) is 0 Å². The molecule has 0 amide bonds. The Hall–Kier alpha value is -0.350. The summed E-state index contributed by atoms with van der Waals surface area (Å²) in [6, 6.07) is 3.29. The first kappa shape index (κ1) is 14.1. The van der Waals surface area contributed by atoms with E-state index in [1.54, 1.807) is 0 Å². The van der Waals surface area contributed by atoms with E-state index in [-0.39, 0.29) is 0 Å². The molecule has 0 saturated carbocycles. The Kier molecular flexibility index (Phi) is 5.25. The maximum atomic E-state index is 4.66. The van der Waals surface area contributed by atoms with Gasteiger partial charge in [0.2, 0.25) is 0 Å². The van der Waals surface area contributed by atoms with Crippen molar-refractivity contribution >= 4 is 15.9 Å². The molecule has 0 N–H and O–H groups in total. The minimum absolute atomic E-state index is 0.454. The van der Waals surface area contributed by atoms with Crippen molar-refractivity contribution in [2.24, 2.45) is 0 Å². The molecule has 0 spiro atoms. The molecular formula is C14H24BrN3. The minimum atomic E-state index is 0.454. The van der Waals surface area contributed by atoms with E-state index in [1.807, 2.05) is 0 Å². The summed E-state index contributed by atoms with van der Waals surface area (Å²) in [5.41, 5.74) is 1.21. The van der Waals surface area contributed by atoms with Gasteiger partial charge in [0.05, 0.1) is 5.69 Å². The quantitative estimate of drug-likeness (QED) is 0.792. The van der Waals surface area contributed by atoms with Gasteiger partial charge in [0.25, 0.3) is 0 Å². The highest BCUT2D eigenvalue weighted by molar-refractivity contribution is 9.09. The number of alkyl halides is 1. The lowest BCUT2D eigenvalue weighted by Crippen LogP contribution is -2.35. The van der Waals surface area contributed by atoms with E-state index in [0.717, 1.165) is 11.9 Å². The number of hydrogen-bond acceptors (Lipinski definition) is 2. The van der Waals surface area contributed by atoms with Gasteiger partial charge in [0.15, 0.2) is 0 Å². The Labute approximate surface area is 119 Å². The van der Waals surface area contributed by atoms with Gasteiger partial charge in [-0.25, -0.2) is 0 Å². The molecule has 18 heavy (non-hydrogen) atoms. The molecular weight excluding hydrogens is 290 g/mol. The predicted octanol–water partition coefficient (Wildman–Crippen LogP) is 3.60. The van der Waals surface area contributed by atoms with E-state index < -0.39 is 0 Å². The number of nitrogens with zero attached hydrogens (tertiary/aromatic N) is 3. The predicted molar refractivity (Wildman–Crippen MR) is 79.1 cm³/mol. The molecule has 0 aromatic carbocycles. The Morgan fingerprint density at radius 2 is 2.22 bits per heavy atom. The van der Waals surface area contributed by atoms with Crippen LogP contribution in [0.15, 0.2) is 12.3 Å². The summed E-state index contributed by atoms with van der Waals surface area (Å²) < 4.78 is 2.05. The highest BCUT2D eigenvalue weighted by atomic mass is 79.9. The second-order valence-corrected chi connectivity index (χ2v) is 6.16. The van der Waals surface area contributed by atoms with Crippen LogP contribution in [0.5, 0.6) is 0 Å². The summed E-state index contributed by atoms with van der Waals surface area (Å²) in [5.74, 6) is 0. The first-order valence-corrected chi connectivity index (χ1v) is 8.17. The van der Waals surface area contributed by atoms with Crippen molar-refractivity contribution in [2.75, 3.05) is 11.9 Å². The molecule has 3 nitrogen and oxygen atoms in total. The highest BCUT2D eigenvalue weighted by Crippen LogP contribution is 2.20. The third kappa shape index (κ3) is 3.58. The largest absolute Gasteiger partial charge is 0.294 e. The van der Waals surface area contributed by atoms with E-state index in [1.165, 1.54) is 37.9 Å². The molecule has 1 unspecified atom stereocenters. The van der Waals surface area contributed by atoms with E-state index in [9.17, 15) is 0 Å².